The maximum atomic E-state index is 13.6. The van der Waals surface area contributed by atoms with Gasteiger partial charge in [0, 0.05) is 12.6 Å². The highest BCUT2D eigenvalue weighted by atomic mass is 32.2. The number of ether oxygens (including phenoxy) is 1. The summed E-state index contributed by atoms with van der Waals surface area (Å²) >= 11 is 0. The Morgan fingerprint density at radius 3 is 2.23 bits per heavy atom. The molecule has 8 nitrogen and oxygen atoms in total. The number of nitrogens with one attached hydrogen (secondary N) is 1. The minimum absolute atomic E-state index is 0.0542. The molecule has 0 spiro atoms. The summed E-state index contributed by atoms with van der Waals surface area (Å²) in [4.78, 5) is 28.0. The lowest BCUT2D eigenvalue weighted by Gasteiger charge is -2.32. The lowest BCUT2D eigenvalue weighted by atomic mass is 10.1. The van der Waals surface area contributed by atoms with Gasteiger partial charge in [-0.3, -0.25) is 13.9 Å². The molecule has 0 aromatic heterocycles. The molecule has 2 amide bonds. The van der Waals surface area contributed by atoms with E-state index in [-0.39, 0.29) is 18.5 Å². The Hall–Kier alpha value is -3.07. The number of methoxy groups -OCH3 is 1. The quantitative estimate of drug-likeness (QED) is 0.507. The Kier molecular flexibility index (Phi) is 9.71. The number of anilines is 1. The largest absolute Gasteiger partial charge is 0.497 e. The first-order valence-corrected chi connectivity index (χ1v) is 13.5. The molecular formula is C26H37N3O5S. The number of hydrogen-bond acceptors (Lipinski definition) is 5. The Morgan fingerprint density at radius 1 is 1.06 bits per heavy atom. The van der Waals surface area contributed by atoms with Gasteiger partial charge in [0.2, 0.25) is 21.8 Å². The van der Waals surface area contributed by atoms with Crippen LogP contribution < -0.4 is 14.4 Å². The van der Waals surface area contributed by atoms with E-state index in [1.165, 1.54) is 4.90 Å². The molecular weight excluding hydrogens is 466 g/mol. The van der Waals surface area contributed by atoms with E-state index in [1.54, 1.807) is 44.4 Å². The van der Waals surface area contributed by atoms with E-state index in [0.717, 1.165) is 33.7 Å². The summed E-state index contributed by atoms with van der Waals surface area (Å²) in [6.07, 6.45) is 1.82. The summed E-state index contributed by atoms with van der Waals surface area (Å²) in [5.74, 6) is -0.156. The first kappa shape index (κ1) is 28.2. The van der Waals surface area contributed by atoms with Crippen molar-refractivity contribution in [2.75, 3.05) is 24.2 Å². The summed E-state index contributed by atoms with van der Waals surface area (Å²) in [7, 11) is -2.21. The third kappa shape index (κ3) is 7.99. The van der Waals surface area contributed by atoms with E-state index < -0.39 is 28.5 Å². The molecule has 2 atom stereocenters. The zero-order valence-corrected chi connectivity index (χ0v) is 22.5. The van der Waals surface area contributed by atoms with Crippen molar-refractivity contribution in [2.24, 2.45) is 0 Å². The van der Waals surface area contributed by atoms with Gasteiger partial charge in [-0.05, 0) is 75.1 Å². The highest BCUT2D eigenvalue weighted by Crippen LogP contribution is 2.23. The van der Waals surface area contributed by atoms with Gasteiger partial charge in [0.25, 0.3) is 0 Å². The number of rotatable bonds is 11. The second-order valence-corrected chi connectivity index (χ2v) is 10.9. The molecule has 0 radical (unpaired) electrons. The molecule has 9 heteroatoms. The van der Waals surface area contributed by atoms with Crippen LogP contribution in [0.4, 0.5) is 5.69 Å². The van der Waals surface area contributed by atoms with E-state index in [0.29, 0.717) is 11.4 Å². The number of amides is 2. The van der Waals surface area contributed by atoms with Crippen LogP contribution in [0.1, 0.15) is 43.9 Å². The standard InChI is InChI=1S/C26H37N3O5S/c1-8-20(4)27-26(31)21(5)28(16-22-10-9-11-24(15-22)34-6)25(30)17-29(35(7,32)33)23-13-18(2)12-19(3)14-23/h9-15,20-21H,8,16-17H2,1-7H3,(H,27,31)/t20-,21-/m0/s1. The second-order valence-electron chi connectivity index (χ2n) is 8.98. The lowest BCUT2D eigenvalue weighted by Crippen LogP contribution is -2.52. The number of benzene rings is 2. The molecule has 0 saturated carbocycles. The number of hydrogen-bond donors (Lipinski definition) is 1. The van der Waals surface area contributed by atoms with Crippen molar-refractivity contribution in [3.63, 3.8) is 0 Å². The third-order valence-corrected chi connectivity index (χ3v) is 6.97. The van der Waals surface area contributed by atoms with E-state index in [2.05, 4.69) is 5.32 Å². The zero-order valence-electron chi connectivity index (χ0n) is 21.7. The maximum Gasteiger partial charge on any atom is 0.244 e. The fraction of sp³-hybridized carbons (Fsp3) is 0.462. The summed E-state index contributed by atoms with van der Waals surface area (Å²) in [6.45, 7) is 8.94. The molecule has 192 valence electrons. The van der Waals surface area contributed by atoms with Gasteiger partial charge in [0.05, 0.1) is 19.1 Å². The molecule has 0 aliphatic rings. The number of carbonyl (C=O) groups is 2. The van der Waals surface area contributed by atoms with Gasteiger partial charge >= 0.3 is 0 Å². The van der Waals surface area contributed by atoms with Crippen molar-refractivity contribution in [3.8, 4) is 5.75 Å². The molecule has 0 saturated heterocycles. The Bertz CT molecular complexity index is 1130. The van der Waals surface area contributed by atoms with Gasteiger partial charge in [-0.2, -0.15) is 0 Å². The van der Waals surface area contributed by atoms with Gasteiger partial charge in [-0.25, -0.2) is 8.42 Å². The fourth-order valence-corrected chi connectivity index (χ4v) is 4.56. The smallest absolute Gasteiger partial charge is 0.244 e. The Balaban J connectivity index is 2.43. The highest BCUT2D eigenvalue weighted by Gasteiger charge is 2.30. The molecule has 0 aliphatic heterocycles. The van der Waals surface area contributed by atoms with Crippen LogP contribution in [-0.2, 0) is 26.2 Å². The molecule has 2 aromatic rings. The van der Waals surface area contributed by atoms with Crippen LogP contribution in [0.3, 0.4) is 0 Å². The number of sulfonamides is 1. The van der Waals surface area contributed by atoms with Crippen LogP contribution in [0.25, 0.3) is 0 Å². The van der Waals surface area contributed by atoms with Crippen LogP contribution in [0.2, 0.25) is 0 Å². The maximum absolute atomic E-state index is 13.6. The van der Waals surface area contributed by atoms with Crippen LogP contribution in [0.5, 0.6) is 5.75 Å². The van der Waals surface area contributed by atoms with E-state index >= 15 is 0 Å². The van der Waals surface area contributed by atoms with Crippen LogP contribution in [0, 0.1) is 13.8 Å². The predicted molar refractivity (Wildman–Crippen MR) is 139 cm³/mol. The molecule has 0 heterocycles. The minimum atomic E-state index is -3.77. The average molecular weight is 504 g/mol. The van der Waals surface area contributed by atoms with Crippen molar-refractivity contribution in [3.05, 3.63) is 59.2 Å². The average Bonchev–Trinajstić information content (AvgIpc) is 2.78. The van der Waals surface area contributed by atoms with Crippen LogP contribution in [0.15, 0.2) is 42.5 Å². The molecule has 2 rings (SSSR count). The van der Waals surface area contributed by atoms with Gasteiger partial charge in [0.15, 0.2) is 0 Å². The van der Waals surface area contributed by atoms with Crippen molar-refractivity contribution in [2.45, 2.75) is 59.7 Å². The van der Waals surface area contributed by atoms with E-state index in [9.17, 15) is 18.0 Å². The van der Waals surface area contributed by atoms with Crippen molar-refractivity contribution < 1.29 is 22.7 Å². The molecule has 2 aromatic carbocycles. The first-order chi connectivity index (χ1) is 16.3. The summed E-state index contributed by atoms with van der Waals surface area (Å²) < 4.78 is 31.8. The van der Waals surface area contributed by atoms with Crippen molar-refractivity contribution in [1.29, 1.82) is 0 Å². The molecule has 0 unspecified atom stereocenters. The molecule has 0 bridgehead atoms. The minimum Gasteiger partial charge on any atom is -0.497 e. The summed E-state index contributed by atoms with van der Waals surface area (Å²) in [5, 5.41) is 2.91. The van der Waals surface area contributed by atoms with Gasteiger partial charge in [0.1, 0.15) is 18.3 Å². The number of nitrogens with zero attached hydrogens (tertiary/aromatic N) is 2. The lowest BCUT2D eigenvalue weighted by molar-refractivity contribution is -0.139. The Labute approximate surface area is 209 Å². The monoisotopic (exact) mass is 503 g/mol. The third-order valence-electron chi connectivity index (χ3n) is 5.83. The zero-order chi connectivity index (χ0) is 26.3. The van der Waals surface area contributed by atoms with Crippen LogP contribution in [-0.4, -0.2) is 57.1 Å². The first-order valence-electron chi connectivity index (χ1n) is 11.6. The van der Waals surface area contributed by atoms with Crippen molar-refractivity contribution >= 4 is 27.5 Å². The number of aryl methyl sites for hydroxylation is 2. The summed E-state index contributed by atoms with van der Waals surface area (Å²) in [5.41, 5.74) is 2.95. The van der Waals surface area contributed by atoms with E-state index in [1.807, 2.05) is 39.8 Å². The molecule has 35 heavy (non-hydrogen) atoms. The molecule has 0 fully saturated rings. The highest BCUT2D eigenvalue weighted by molar-refractivity contribution is 7.92. The summed E-state index contributed by atoms with van der Waals surface area (Å²) in [6, 6.07) is 11.7. The van der Waals surface area contributed by atoms with Crippen molar-refractivity contribution in [1.82, 2.24) is 10.2 Å². The second kappa shape index (κ2) is 12.1. The molecule has 0 aliphatic carbocycles. The van der Waals surface area contributed by atoms with Crippen LogP contribution >= 0.6 is 0 Å². The van der Waals surface area contributed by atoms with Gasteiger partial charge < -0.3 is 15.0 Å². The predicted octanol–water partition coefficient (Wildman–Crippen LogP) is 3.41. The van der Waals surface area contributed by atoms with Gasteiger partial charge in [-0.15, -0.1) is 0 Å². The molecule has 1 N–H and O–H groups in total. The Morgan fingerprint density at radius 2 is 1.69 bits per heavy atom. The topological polar surface area (TPSA) is 96.0 Å². The SMILES string of the molecule is CC[C@H](C)NC(=O)[C@H](C)N(Cc1cccc(OC)c1)C(=O)CN(c1cc(C)cc(C)c1)S(C)(=O)=O. The normalized spacial score (nSPS) is 13.0. The fourth-order valence-electron chi connectivity index (χ4n) is 3.72. The number of carbonyl (C=O) groups excluding carboxylic acids is 2. The van der Waals surface area contributed by atoms with E-state index in [4.69, 9.17) is 4.74 Å². The van der Waals surface area contributed by atoms with Gasteiger partial charge in [-0.1, -0.05) is 25.1 Å².